The molecule has 1 aromatic carbocycles. The lowest BCUT2D eigenvalue weighted by Crippen LogP contribution is -2.45. The van der Waals surface area contributed by atoms with Crippen LogP contribution in [0, 0.1) is 0 Å². The lowest BCUT2D eigenvalue weighted by Gasteiger charge is -2.22. The topological polar surface area (TPSA) is 79.1 Å². The molecule has 0 radical (unpaired) electrons. The number of ether oxygens (including phenoxy) is 1. The highest BCUT2D eigenvalue weighted by molar-refractivity contribution is 14.0. The van der Waals surface area contributed by atoms with Crippen LogP contribution in [0.5, 0.6) is 5.75 Å². The number of benzene rings is 1. The van der Waals surface area contributed by atoms with Gasteiger partial charge in [-0.05, 0) is 37.1 Å². The average molecular weight is 571 g/mol. The van der Waals surface area contributed by atoms with Gasteiger partial charge in [-0.1, -0.05) is 18.2 Å². The van der Waals surface area contributed by atoms with Crippen LogP contribution in [0.2, 0.25) is 0 Å². The van der Waals surface area contributed by atoms with E-state index in [0.29, 0.717) is 12.2 Å². The number of alkyl halides is 2. The summed E-state index contributed by atoms with van der Waals surface area (Å²) in [4.78, 5) is 6.36. The Hall–Kier alpha value is -2.70. The largest absolute Gasteiger partial charge is 0.433 e. The number of para-hydroxylation sites is 2. The van der Waals surface area contributed by atoms with Gasteiger partial charge >= 0.3 is 6.61 Å². The molecule has 3 heterocycles. The molecule has 1 aliphatic rings. The zero-order valence-corrected chi connectivity index (χ0v) is 20.7. The van der Waals surface area contributed by atoms with E-state index in [0.717, 1.165) is 49.8 Å². The van der Waals surface area contributed by atoms with E-state index >= 15 is 0 Å². The van der Waals surface area contributed by atoms with Crippen LogP contribution in [0.15, 0.2) is 53.7 Å². The van der Waals surface area contributed by atoms with Crippen molar-refractivity contribution in [2.24, 2.45) is 4.99 Å². The molecule has 0 aliphatic carbocycles. The summed E-state index contributed by atoms with van der Waals surface area (Å²) in [6.07, 6.45) is 4.52. The second kappa shape index (κ2) is 12.0. The van der Waals surface area contributed by atoms with Gasteiger partial charge in [-0.2, -0.15) is 8.78 Å². The molecule has 1 atom stereocenters. The molecule has 8 nitrogen and oxygen atoms in total. The number of hydrogen-bond acceptors (Lipinski definition) is 5. The van der Waals surface area contributed by atoms with Gasteiger partial charge in [0.1, 0.15) is 11.6 Å². The molecule has 1 aliphatic heterocycles. The molecule has 11 heteroatoms. The van der Waals surface area contributed by atoms with Gasteiger partial charge in [-0.25, -0.2) is 0 Å². The van der Waals surface area contributed by atoms with Gasteiger partial charge in [0.05, 0.1) is 5.69 Å². The van der Waals surface area contributed by atoms with Crippen molar-refractivity contribution in [2.75, 3.05) is 31.6 Å². The van der Waals surface area contributed by atoms with Crippen LogP contribution in [0.1, 0.15) is 18.7 Å². The molecular weight excluding hydrogens is 543 g/mol. The smallest absolute Gasteiger partial charge is 0.387 e. The van der Waals surface area contributed by atoms with Crippen molar-refractivity contribution >= 4 is 41.3 Å². The van der Waals surface area contributed by atoms with Crippen molar-refractivity contribution in [3.8, 4) is 5.75 Å². The Kier molecular flexibility index (Phi) is 9.03. The highest BCUT2D eigenvalue weighted by Gasteiger charge is 2.26. The van der Waals surface area contributed by atoms with Crippen molar-refractivity contribution in [1.29, 1.82) is 0 Å². The zero-order valence-electron chi connectivity index (χ0n) is 18.3. The van der Waals surface area contributed by atoms with Crippen LogP contribution in [0.25, 0.3) is 5.65 Å². The minimum atomic E-state index is -2.84. The molecular formula is C22H28F2IN7O. The summed E-state index contributed by atoms with van der Waals surface area (Å²) in [7, 11) is 1.74. The summed E-state index contributed by atoms with van der Waals surface area (Å²) in [6, 6.07) is 12.9. The van der Waals surface area contributed by atoms with Gasteiger partial charge < -0.3 is 20.3 Å². The Balaban J connectivity index is 0.00000306. The van der Waals surface area contributed by atoms with E-state index in [1.807, 2.05) is 34.9 Å². The summed E-state index contributed by atoms with van der Waals surface area (Å²) in [5, 5.41) is 15.2. The standard InChI is InChI=1S/C22H27F2N7O.HI/c1-25-22(26-12-6-10-20-29-28-19-9-4-5-13-31(19)20)27-16-11-14-30(15-16)17-7-2-3-8-18(17)32-21(23)24;/h2-5,7-9,13,16,21H,6,10-12,14-15H2,1H3,(H2,25,26,27);1H. The van der Waals surface area contributed by atoms with Crippen molar-refractivity contribution in [2.45, 2.75) is 31.9 Å². The number of pyridine rings is 1. The summed E-state index contributed by atoms with van der Waals surface area (Å²) in [5.41, 5.74) is 1.53. The predicted molar refractivity (Wildman–Crippen MR) is 135 cm³/mol. The number of fused-ring (bicyclic) bond motifs is 1. The summed E-state index contributed by atoms with van der Waals surface area (Å²) in [6.45, 7) is -0.677. The van der Waals surface area contributed by atoms with Crippen LogP contribution in [-0.4, -0.2) is 59.9 Å². The normalized spacial score (nSPS) is 16.2. The van der Waals surface area contributed by atoms with E-state index in [2.05, 4.69) is 35.5 Å². The molecule has 0 bridgehead atoms. The van der Waals surface area contributed by atoms with Crippen LogP contribution < -0.4 is 20.3 Å². The average Bonchev–Trinajstić information content (AvgIpc) is 3.43. The first-order valence-electron chi connectivity index (χ1n) is 10.7. The minimum absolute atomic E-state index is 0. The molecule has 1 fully saturated rings. The first-order chi connectivity index (χ1) is 15.6. The van der Waals surface area contributed by atoms with Crippen LogP contribution in [0.4, 0.5) is 14.5 Å². The van der Waals surface area contributed by atoms with E-state index in [4.69, 9.17) is 0 Å². The lowest BCUT2D eigenvalue weighted by molar-refractivity contribution is -0.0495. The number of anilines is 1. The molecule has 0 spiro atoms. The highest BCUT2D eigenvalue weighted by Crippen LogP contribution is 2.31. The number of aromatic nitrogens is 3. The second-order valence-electron chi connectivity index (χ2n) is 7.57. The molecule has 2 N–H and O–H groups in total. The third-order valence-electron chi connectivity index (χ3n) is 5.43. The fourth-order valence-electron chi connectivity index (χ4n) is 3.91. The van der Waals surface area contributed by atoms with Gasteiger partial charge in [-0.3, -0.25) is 9.39 Å². The SMILES string of the molecule is CN=C(NCCCc1nnc2ccccn12)NC1CCN(c2ccccc2OC(F)F)C1.I. The van der Waals surface area contributed by atoms with Crippen molar-refractivity contribution in [3.63, 3.8) is 0 Å². The first-order valence-corrected chi connectivity index (χ1v) is 10.7. The van der Waals surface area contributed by atoms with Crippen molar-refractivity contribution in [1.82, 2.24) is 25.2 Å². The van der Waals surface area contributed by atoms with Gasteiger partial charge in [0.2, 0.25) is 0 Å². The minimum Gasteiger partial charge on any atom is -0.433 e. The van der Waals surface area contributed by atoms with Crippen LogP contribution in [-0.2, 0) is 6.42 Å². The summed E-state index contributed by atoms with van der Waals surface area (Å²) < 4.78 is 32.1. The molecule has 0 amide bonds. The van der Waals surface area contributed by atoms with Gasteiger partial charge in [0.25, 0.3) is 0 Å². The molecule has 2 aromatic heterocycles. The van der Waals surface area contributed by atoms with Crippen molar-refractivity contribution in [3.05, 3.63) is 54.5 Å². The fraction of sp³-hybridized carbons (Fsp3) is 0.409. The van der Waals surface area contributed by atoms with E-state index < -0.39 is 6.61 Å². The summed E-state index contributed by atoms with van der Waals surface area (Å²) in [5.74, 6) is 1.85. The Morgan fingerprint density at radius 2 is 2.03 bits per heavy atom. The van der Waals surface area contributed by atoms with Gasteiger partial charge in [-0.15, -0.1) is 34.2 Å². The Bertz CT molecular complexity index is 1060. The molecule has 1 unspecified atom stereocenters. The number of halogens is 3. The Morgan fingerprint density at radius 3 is 2.85 bits per heavy atom. The van der Waals surface area contributed by atoms with Crippen LogP contribution in [0.3, 0.4) is 0 Å². The Labute approximate surface area is 208 Å². The fourth-order valence-corrected chi connectivity index (χ4v) is 3.91. The molecule has 1 saturated heterocycles. The molecule has 33 heavy (non-hydrogen) atoms. The van der Waals surface area contributed by atoms with Gasteiger partial charge in [0.15, 0.2) is 11.6 Å². The molecule has 4 rings (SSSR count). The molecule has 3 aromatic rings. The zero-order chi connectivity index (χ0) is 22.3. The van der Waals surface area contributed by atoms with E-state index in [1.165, 1.54) is 0 Å². The quantitative estimate of drug-likeness (QED) is 0.187. The third kappa shape index (κ3) is 6.42. The van der Waals surface area contributed by atoms with Gasteiger partial charge in [0, 0.05) is 45.3 Å². The number of guanidine groups is 1. The first kappa shape index (κ1) is 24.9. The third-order valence-corrected chi connectivity index (χ3v) is 5.43. The Morgan fingerprint density at radius 1 is 1.21 bits per heavy atom. The number of nitrogens with one attached hydrogen (secondary N) is 2. The monoisotopic (exact) mass is 571 g/mol. The number of hydrogen-bond donors (Lipinski definition) is 2. The second-order valence-corrected chi connectivity index (χ2v) is 7.57. The van der Waals surface area contributed by atoms with Crippen molar-refractivity contribution < 1.29 is 13.5 Å². The molecule has 178 valence electrons. The predicted octanol–water partition coefficient (Wildman–Crippen LogP) is 3.33. The molecule has 0 saturated carbocycles. The number of aryl methyl sites for hydroxylation is 1. The summed E-state index contributed by atoms with van der Waals surface area (Å²) >= 11 is 0. The highest BCUT2D eigenvalue weighted by atomic mass is 127. The maximum atomic E-state index is 12.7. The van der Waals surface area contributed by atoms with E-state index in [1.54, 1.807) is 25.2 Å². The maximum Gasteiger partial charge on any atom is 0.387 e. The van der Waals surface area contributed by atoms with E-state index in [9.17, 15) is 8.78 Å². The number of aliphatic imine (C=N–C) groups is 1. The number of nitrogens with zero attached hydrogens (tertiary/aromatic N) is 5. The maximum absolute atomic E-state index is 12.7. The number of rotatable bonds is 8. The van der Waals surface area contributed by atoms with Crippen LogP contribution >= 0.6 is 24.0 Å². The van der Waals surface area contributed by atoms with E-state index in [-0.39, 0.29) is 35.8 Å². The lowest BCUT2D eigenvalue weighted by atomic mass is 10.2.